The van der Waals surface area contributed by atoms with Crippen molar-refractivity contribution < 1.29 is 0 Å². The number of aryl methyl sites for hydroxylation is 1. The molecule has 0 unspecified atom stereocenters. The molecule has 1 fully saturated rings. The summed E-state index contributed by atoms with van der Waals surface area (Å²) in [4.78, 5) is 2.49. The van der Waals surface area contributed by atoms with E-state index in [1.54, 1.807) is 0 Å². The highest BCUT2D eigenvalue weighted by molar-refractivity contribution is 5.04. The third-order valence-electron chi connectivity index (χ3n) is 2.83. The molecule has 1 aromatic heterocycles. The molecule has 0 spiro atoms. The van der Waals surface area contributed by atoms with Gasteiger partial charge in [0.1, 0.15) is 0 Å². The number of hydrogen-bond donors (Lipinski definition) is 1. The first-order valence-electron chi connectivity index (χ1n) is 5.22. The molecule has 4 nitrogen and oxygen atoms in total. The summed E-state index contributed by atoms with van der Waals surface area (Å²) in [6.45, 7) is 6.62. The summed E-state index contributed by atoms with van der Waals surface area (Å²) in [7, 11) is 1.96. The Kier molecular flexibility index (Phi) is 2.84. The van der Waals surface area contributed by atoms with E-state index in [1.165, 1.54) is 5.56 Å². The summed E-state index contributed by atoms with van der Waals surface area (Å²) in [6, 6.07) is 0.722. The van der Waals surface area contributed by atoms with Crippen molar-refractivity contribution in [2.24, 2.45) is 7.05 Å². The Morgan fingerprint density at radius 1 is 1.64 bits per heavy atom. The van der Waals surface area contributed by atoms with Gasteiger partial charge in [0.15, 0.2) is 0 Å². The van der Waals surface area contributed by atoms with E-state index in [0.29, 0.717) is 0 Å². The van der Waals surface area contributed by atoms with Gasteiger partial charge in [-0.15, -0.1) is 0 Å². The topological polar surface area (TPSA) is 33.1 Å². The van der Waals surface area contributed by atoms with Gasteiger partial charge in [0, 0.05) is 44.5 Å². The molecule has 1 aliphatic heterocycles. The fourth-order valence-corrected chi connectivity index (χ4v) is 1.82. The normalized spacial score (nSPS) is 17.4. The minimum Gasteiger partial charge on any atom is -0.314 e. The molecular weight excluding hydrogens is 176 g/mol. The van der Waals surface area contributed by atoms with Gasteiger partial charge in [0.25, 0.3) is 0 Å². The second-order valence-electron chi connectivity index (χ2n) is 3.90. The van der Waals surface area contributed by atoms with Crippen molar-refractivity contribution in [1.82, 2.24) is 20.0 Å². The van der Waals surface area contributed by atoms with E-state index in [0.717, 1.165) is 32.2 Å². The maximum Gasteiger partial charge on any atom is 0.0534 e. The number of nitrogens with one attached hydrogen (secondary N) is 1. The predicted molar refractivity (Wildman–Crippen MR) is 55.9 cm³/mol. The fraction of sp³-hybridized carbons (Fsp3) is 0.700. The Morgan fingerprint density at radius 3 is 2.86 bits per heavy atom. The molecule has 78 valence electrons. The smallest absolute Gasteiger partial charge is 0.0534 e. The first-order valence-corrected chi connectivity index (χ1v) is 5.22. The van der Waals surface area contributed by atoms with Crippen molar-refractivity contribution in [3.05, 3.63) is 18.0 Å². The van der Waals surface area contributed by atoms with Crippen LogP contribution < -0.4 is 5.32 Å². The van der Waals surface area contributed by atoms with Gasteiger partial charge in [-0.1, -0.05) is 6.92 Å². The van der Waals surface area contributed by atoms with E-state index in [1.807, 2.05) is 17.9 Å². The van der Waals surface area contributed by atoms with Crippen LogP contribution in [0.15, 0.2) is 12.4 Å². The fourth-order valence-electron chi connectivity index (χ4n) is 1.82. The molecule has 1 aliphatic rings. The van der Waals surface area contributed by atoms with Crippen LogP contribution in [-0.4, -0.2) is 40.4 Å². The summed E-state index contributed by atoms with van der Waals surface area (Å²) in [5.41, 5.74) is 1.31. The molecule has 0 bridgehead atoms. The summed E-state index contributed by atoms with van der Waals surface area (Å²) in [6.07, 6.45) is 4.05. The lowest BCUT2D eigenvalue weighted by molar-refractivity contribution is 0.145. The monoisotopic (exact) mass is 194 g/mol. The van der Waals surface area contributed by atoms with Crippen LogP contribution in [0.25, 0.3) is 0 Å². The molecular formula is C10H18N4. The minimum atomic E-state index is 0.722. The van der Waals surface area contributed by atoms with E-state index in [-0.39, 0.29) is 0 Å². The highest BCUT2D eigenvalue weighted by atomic mass is 15.3. The molecule has 0 amide bonds. The molecule has 14 heavy (non-hydrogen) atoms. The average molecular weight is 194 g/mol. The zero-order valence-corrected chi connectivity index (χ0v) is 8.90. The van der Waals surface area contributed by atoms with Gasteiger partial charge in [-0.25, -0.2) is 0 Å². The first-order chi connectivity index (χ1) is 6.79. The van der Waals surface area contributed by atoms with Crippen molar-refractivity contribution >= 4 is 0 Å². The highest BCUT2D eigenvalue weighted by Crippen LogP contribution is 2.09. The summed E-state index contributed by atoms with van der Waals surface area (Å²) < 4.78 is 1.86. The second-order valence-corrected chi connectivity index (χ2v) is 3.90. The van der Waals surface area contributed by atoms with Gasteiger partial charge >= 0.3 is 0 Å². The van der Waals surface area contributed by atoms with Crippen LogP contribution in [-0.2, 0) is 13.6 Å². The Morgan fingerprint density at radius 2 is 2.43 bits per heavy atom. The van der Waals surface area contributed by atoms with Crippen LogP contribution in [0.3, 0.4) is 0 Å². The van der Waals surface area contributed by atoms with E-state index in [9.17, 15) is 0 Å². The quantitative estimate of drug-likeness (QED) is 0.744. The van der Waals surface area contributed by atoms with Crippen LogP contribution in [0, 0.1) is 0 Å². The van der Waals surface area contributed by atoms with Crippen molar-refractivity contribution in [2.75, 3.05) is 19.6 Å². The minimum absolute atomic E-state index is 0.722. The number of hydrogen-bond acceptors (Lipinski definition) is 3. The summed E-state index contributed by atoms with van der Waals surface area (Å²) in [5, 5.41) is 7.49. The molecule has 2 heterocycles. The zero-order valence-electron chi connectivity index (χ0n) is 8.90. The maximum absolute atomic E-state index is 4.18. The maximum atomic E-state index is 4.18. The number of aromatic nitrogens is 2. The predicted octanol–water partition coefficient (Wildman–Crippen LogP) is 0.214. The van der Waals surface area contributed by atoms with Crippen LogP contribution >= 0.6 is 0 Å². The van der Waals surface area contributed by atoms with Crippen molar-refractivity contribution in [3.63, 3.8) is 0 Å². The van der Waals surface area contributed by atoms with Gasteiger partial charge in [-0.3, -0.25) is 9.58 Å². The second kappa shape index (κ2) is 4.11. The average Bonchev–Trinajstić information content (AvgIpc) is 2.47. The molecule has 1 aromatic rings. The van der Waals surface area contributed by atoms with Crippen LogP contribution in [0.1, 0.15) is 12.5 Å². The molecule has 1 saturated heterocycles. The Labute approximate surface area is 84.9 Å². The standard InChI is InChI=1S/C10H18N4/c1-3-14(10-5-11-6-10)8-9-4-12-13(2)7-9/h4,7,10-11H,3,5-6,8H2,1-2H3. The van der Waals surface area contributed by atoms with E-state index >= 15 is 0 Å². The molecule has 2 rings (SSSR count). The molecule has 0 aromatic carbocycles. The molecule has 0 saturated carbocycles. The number of nitrogens with zero attached hydrogens (tertiary/aromatic N) is 3. The van der Waals surface area contributed by atoms with Gasteiger partial charge in [0.2, 0.25) is 0 Å². The van der Waals surface area contributed by atoms with Crippen LogP contribution in [0.2, 0.25) is 0 Å². The van der Waals surface area contributed by atoms with Crippen molar-refractivity contribution in [1.29, 1.82) is 0 Å². The largest absolute Gasteiger partial charge is 0.314 e. The van der Waals surface area contributed by atoms with Gasteiger partial charge in [0.05, 0.1) is 6.20 Å². The third-order valence-corrected chi connectivity index (χ3v) is 2.83. The Balaban J connectivity index is 1.93. The van der Waals surface area contributed by atoms with Gasteiger partial charge < -0.3 is 5.32 Å². The molecule has 4 heteroatoms. The Bertz CT molecular complexity index is 290. The van der Waals surface area contributed by atoms with Gasteiger partial charge in [-0.2, -0.15) is 5.10 Å². The highest BCUT2D eigenvalue weighted by Gasteiger charge is 2.23. The molecule has 1 N–H and O–H groups in total. The SMILES string of the molecule is CCN(Cc1cnn(C)c1)C1CNC1. The van der Waals surface area contributed by atoms with Crippen molar-refractivity contribution in [2.45, 2.75) is 19.5 Å². The third kappa shape index (κ3) is 1.96. The summed E-state index contributed by atoms with van der Waals surface area (Å²) in [5.74, 6) is 0. The van der Waals surface area contributed by atoms with E-state index in [4.69, 9.17) is 0 Å². The lowest BCUT2D eigenvalue weighted by atomic mass is 10.1. The van der Waals surface area contributed by atoms with Crippen LogP contribution in [0.4, 0.5) is 0 Å². The van der Waals surface area contributed by atoms with Crippen LogP contribution in [0.5, 0.6) is 0 Å². The van der Waals surface area contributed by atoms with E-state index in [2.05, 4.69) is 28.4 Å². The lowest BCUT2D eigenvalue weighted by Gasteiger charge is -2.37. The van der Waals surface area contributed by atoms with Gasteiger partial charge in [-0.05, 0) is 6.54 Å². The molecule has 0 aliphatic carbocycles. The number of likely N-dealkylation sites (N-methyl/N-ethyl adjacent to an activating group) is 1. The zero-order chi connectivity index (χ0) is 9.97. The Hall–Kier alpha value is -0.870. The van der Waals surface area contributed by atoms with Crippen molar-refractivity contribution in [3.8, 4) is 0 Å². The molecule has 0 radical (unpaired) electrons. The van der Waals surface area contributed by atoms with E-state index < -0.39 is 0 Å². The first kappa shape index (κ1) is 9.68. The lowest BCUT2D eigenvalue weighted by Crippen LogP contribution is -2.56. The summed E-state index contributed by atoms with van der Waals surface area (Å²) >= 11 is 0. The number of rotatable bonds is 4. The molecule has 0 atom stereocenters.